The number of para-hydroxylation sites is 3. The Morgan fingerprint density at radius 2 is 1.11 bits per heavy atom. The van der Waals surface area contributed by atoms with Crippen molar-refractivity contribution in [3.8, 4) is 28.3 Å². The lowest BCUT2D eigenvalue weighted by Crippen LogP contribution is -2.04. The Morgan fingerprint density at radius 1 is 0.435 bits per heavy atom. The topological polar surface area (TPSA) is 43.9 Å². The molecule has 0 radical (unpaired) electrons. The van der Waals surface area contributed by atoms with E-state index in [0.717, 1.165) is 82.4 Å². The van der Waals surface area contributed by atoms with E-state index in [1.165, 1.54) is 5.39 Å². The van der Waals surface area contributed by atoms with Crippen molar-refractivity contribution in [3.05, 3.63) is 152 Å². The van der Waals surface area contributed by atoms with Crippen LogP contribution in [0.2, 0.25) is 0 Å². The summed E-state index contributed by atoms with van der Waals surface area (Å²) in [6.45, 7) is 0. The summed E-state index contributed by atoms with van der Waals surface area (Å²) in [5.74, 6) is 0.644. The van der Waals surface area contributed by atoms with Gasteiger partial charge in [0.2, 0.25) is 5.95 Å². The van der Waals surface area contributed by atoms with Crippen molar-refractivity contribution in [2.75, 3.05) is 0 Å². The number of aromatic nitrogens is 3. The van der Waals surface area contributed by atoms with Gasteiger partial charge in [-0.25, -0.2) is 9.97 Å². The van der Waals surface area contributed by atoms with E-state index in [0.29, 0.717) is 5.95 Å². The van der Waals surface area contributed by atoms with Crippen LogP contribution < -0.4 is 0 Å². The Hall–Kier alpha value is -6.26. The predicted molar refractivity (Wildman–Crippen MR) is 190 cm³/mol. The molecule has 4 nitrogen and oxygen atoms in total. The van der Waals surface area contributed by atoms with Gasteiger partial charge in [0.15, 0.2) is 0 Å². The average molecular weight is 588 g/mol. The highest BCUT2D eigenvalue weighted by Gasteiger charge is 2.23. The molecule has 10 rings (SSSR count). The molecule has 0 aliphatic rings. The zero-order chi connectivity index (χ0) is 30.2. The first-order valence-electron chi connectivity index (χ1n) is 15.5. The molecule has 3 heterocycles. The van der Waals surface area contributed by atoms with Crippen LogP contribution in [0.15, 0.2) is 156 Å². The second-order valence-corrected chi connectivity index (χ2v) is 11.8. The average Bonchev–Trinajstić information content (AvgIpc) is 3.68. The van der Waals surface area contributed by atoms with E-state index >= 15 is 0 Å². The van der Waals surface area contributed by atoms with E-state index in [1.807, 2.05) is 24.3 Å². The molecule has 214 valence electrons. The second kappa shape index (κ2) is 9.62. The van der Waals surface area contributed by atoms with Crippen molar-refractivity contribution in [1.82, 2.24) is 14.5 Å². The molecule has 0 aliphatic heterocycles. The smallest absolute Gasteiger partial charge is 0.235 e. The first-order valence-corrected chi connectivity index (χ1v) is 15.5. The van der Waals surface area contributed by atoms with E-state index in [-0.39, 0.29) is 0 Å². The summed E-state index contributed by atoms with van der Waals surface area (Å²) in [6, 6.07) is 53.0. The Kier molecular flexibility index (Phi) is 5.25. The van der Waals surface area contributed by atoms with Gasteiger partial charge in [0.1, 0.15) is 11.2 Å². The van der Waals surface area contributed by atoms with Crippen molar-refractivity contribution in [2.45, 2.75) is 0 Å². The highest BCUT2D eigenvalue weighted by Crippen LogP contribution is 2.44. The Bertz CT molecular complexity index is 2810. The normalized spacial score (nSPS) is 11.9. The van der Waals surface area contributed by atoms with Crippen LogP contribution in [-0.4, -0.2) is 14.5 Å². The number of rotatable bonds is 3. The maximum Gasteiger partial charge on any atom is 0.235 e. The zero-order valence-corrected chi connectivity index (χ0v) is 24.7. The summed E-state index contributed by atoms with van der Waals surface area (Å²) in [5.41, 5.74) is 9.02. The molecule has 0 N–H and O–H groups in total. The lowest BCUT2D eigenvalue weighted by atomic mass is 9.97. The molecule has 0 unspecified atom stereocenters. The highest BCUT2D eigenvalue weighted by molar-refractivity contribution is 6.23. The fourth-order valence-corrected chi connectivity index (χ4v) is 7.22. The maximum atomic E-state index is 6.34. The van der Waals surface area contributed by atoms with Crippen molar-refractivity contribution in [3.63, 3.8) is 0 Å². The SMILES string of the molecule is c1ccc(-c2nc(-n3c4c(-c5cccc6oc7ccccc7c56)cccc4c4ccc5ccccc5c43)nc3ccccc23)cc1. The molecule has 0 amide bonds. The molecule has 7 aromatic carbocycles. The highest BCUT2D eigenvalue weighted by atomic mass is 16.3. The monoisotopic (exact) mass is 587 g/mol. The van der Waals surface area contributed by atoms with Gasteiger partial charge in [-0.3, -0.25) is 4.57 Å². The summed E-state index contributed by atoms with van der Waals surface area (Å²) < 4.78 is 8.63. The third-order valence-electron chi connectivity index (χ3n) is 9.21. The lowest BCUT2D eigenvalue weighted by Gasteiger charge is -2.14. The van der Waals surface area contributed by atoms with Crippen molar-refractivity contribution >= 4 is 65.4 Å². The Labute approximate surface area is 263 Å². The van der Waals surface area contributed by atoms with E-state index in [4.69, 9.17) is 14.4 Å². The van der Waals surface area contributed by atoms with Crippen LogP contribution in [0.5, 0.6) is 0 Å². The third-order valence-corrected chi connectivity index (χ3v) is 9.21. The number of furan rings is 1. The van der Waals surface area contributed by atoms with Gasteiger partial charge in [-0.1, -0.05) is 133 Å². The van der Waals surface area contributed by atoms with Gasteiger partial charge in [0, 0.05) is 43.4 Å². The van der Waals surface area contributed by atoms with Crippen molar-refractivity contribution < 1.29 is 4.42 Å². The molecular weight excluding hydrogens is 562 g/mol. The van der Waals surface area contributed by atoms with Crippen LogP contribution in [-0.2, 0) is 0 Å². The fraction of sp³-hybridized carbons (Fsp3) is 0. The van der Waals surface area contributed by atoms with Gasteiger partial charge in [-0.05, 0) is 29.1 Å². The summed E-state index contributed by atoms with van der Waals surface area (Å²) in [6.07, 6.45) is 0. The van der Waals surface area contributed by atoms with E-state index in [2.05, 4.69) is 132 Å². The largest absolute Gasteiger partial charge is 0.456 e. The standard InChI is InChI=1S/C42H25N3O/c1-2-13-27(14-3-1)39-33-16-6-8-21-35(33)43-42(44-39)45-40-28-15-5-4-12-26(28)24-25-32(40)31-20-10-19-30(41(31)45)29-18-11-23-37-38(29)34-17-7-9-22-36(34)46-37/h1-25H. The molecule has 0 fully saturated rings. The van der Waals surface area contributed by atoms with Gasteiger partial charge in [0.05, 0.1) is 22.2 Å². The van der Waals surface area contributed by atoms with Crippen LogP contribution in [0.1, 0.15) is 0 Å². The minimum absolute atomic E-state index is 0.644. The van der Waals surface area contributed by atoms with Gasteiger partial charge in [0.25, 0.3) is 0 Å². The summed E-state index contributed by atoms with van der Waals surface area (Å²) in [4.78, 5) is 10.7. The molecule has 0 saturated carbocycles. The lowest BCUT2D eigenvalue weighted by molar-refractivity contribution is 0.669. The predicted octanol–water partition coefficient (Wildman–Crippen LogP) is 11.1. The van der Waals surface area contributed by atoms with Crippen LogP contribution >= 0.6 is 0 Å². The Morgan fingerprint density at radius 3 is 2.02 bits per heavy atom. The van der Waals surface area contributed by atoms with Crippen LogP contribution in [0.3, 0.4) is 0 Å². The van der Waals surface area contributed by atoms with E-state index in [9.17, 15) is 0 Å². The van der Waals surface area contributed by atoms with Crippen LogP contribution in [0.25, 0.3) is 93.8 Å². The molecule has 46 heavy (non-hydrogen) atoms. The molecule has 0 bridgehead atoms. The Balaban J connectivity index is 1.41. The van der Waals surface area contributed by atoms with E-state index < -0.39 is 0 Å². The van der Waals surface area contributed by atoms with Crippen molar-refractivity contribution in [2.24, 2.45) is 0 Å². The summed E-state index contributed by atoms with van der Waals surface area (Å²) >= 11 is 0. The first kappa shape index (κ1) is 25.1. The first-order chi connectivity index (χ1) is 22.8. The molecule has 0 aliphatic carbocycles. The number of nitrogens with zero attached hydrogens (tertiary/aromatic N) is 3. The minimum Gasteiger partial charge on any atom is -0.456 e. The van der Waals surface area contributed by atoms with Crippen LogP contribution in [0, 0.1) is 0 Å². The van der Waals surface area contributed by atoms with Gasteiger partial charge < -0.3 is 4.42 Å². The fourth-order valence-electron chi connectivity index (χ4n) is 7.22. The molecule has 0 saturated heterocycles. The molecule has 10 aromatic rings. The quantitative estimate of drug-likeness (QED) is 0.207. The molecule has 3 aromatic heterocycles. The van der Waals surface area contributed by atoms with E-state index in [1.54, 1.807) is 0 Å². The number of benzene rings is 7. The minimum atomic E-state index is 0.644. The van der Waals surface area contributed by atoms with Crippen molar-refractivity contribution in [1.29, 1.82) is 0 Å². The van der Waals surface area contributed by atoms with Gasteiger partial charge >= 0.3 is 0 Å². The molecular formula is C42H25N3O. The van der Waals surface area contributed by atoms with Gasteiger partial charge in [-0.2, -0.15) is 0 Å². The molecule has 0 atom stereocenters. The maximum absolute atomic E-state index is 6.34. The summed E-state index contributed by atoms with van der Waals surface area (Å²) in [5, 5.41) is 7.89. The number of hydrogen-bond acceptors (Lipinski definition) is 3. The number of fused-ring (bicyclic) bond motifs is 9. The zero-order valence-electron chi connectivity index (χ0n) is 24.7. The molecule has 4 heteroatoms. The number of hydrogen-bond donors (Lipinski definition) is 0. The van der Waals surface area contributed by atoms with Gasteiger partial charge in [-0.15, -0.1) is 0 Å². The third kappa shape index (κ3) is 3.55. The summed E-state index contributed by atoms with van der Waals surface area (Å²) in [7, 11) is 0. The second-order valence-electron chi connectivity index (χ2n) is 11.8. The van der Waals surface area contributed by atoms with Crippen LogP contribution in [0.4, 0.5) is 0 Å². The molecule has 0 spiro atoms.